The van der Waals surface area contributed by atoms with Crippen LogP contribution in [0.25, 0.3) is 11.0 Å². The highest BCUT2D eigenvalue weighted by atomic mass is 32.2. The summed E-state index contributed by atoms with van der Waals surface area (Å²) in [6, 6.07) is 4.01. The Morgan fingerprint density at radius 2 is 1.76 bits per heavy atom. The third-order valence-corrected chi connectivity index (χ3v) is 11.3. The third kappa shape index (κ3) is 12.3. The van der Waals surface area contributed by atoms with Gasteiger partial charge in [-0.2, -0.15) is 0 Å². The summed E-state index contributed by atoms with van der Waals surface area (Å²) in [4.78, 5) is 68.2. The molecule has 6 rings (SSSR count). The van der Waals surface area contributed by atoms with Gasteiger partial charge in [0.25, 0.3) is 17.4 Å². The number of hydrogen-bond acceptors (Lipinski definition) is 10. The highest BCUT2D eigenvalue weighted by Gasteiger charge is 2.51. The van der Waals surface area contributed by atoms with Gasteiger partial charge in [-0.15, -0.1) is 0 Å². The van der Waals surface area contributed by atoms with E-state index in [4.69, 9.17) is 0 Å². The van der Waals surface area contributed by atoms with Crippen LogP contribution in [0.4, 0.5) is 4.39 Å². The molecule has 3 aromatic rings. The molecule has 2 aromatic heterocycles. The summed E-state index contributed by atoms with van der Waals surface area (Å²) >= 11 is 0. The number of amides is 4. The van der Waals surface area contributed by atoms with Crippen LogP contribution >= 0.6 is 0 Å². The number of nitrogens with zero attached hydrogens (tertiary/aromatic N) is 3. The molecule has 296 valence electrons. The van der Waals surface area contributed by atoms with E-state index >= 15 is 0 Å². The summed E-state index contributed by atoms with van der Waals surface area (Å²) in [5.74, 6) is -1.75. The highest BCUT2D eigenvalue weighted by Crippen LogP contribution is 2.42. The molecule has 2 atom stereocenters. The largest absolute Gasteiger partial charge is 0.364 e. The number of H-pyrrole nitrogens is 1. The predicted molar refractivity (Wildman–Crippen MR) is 201 cm³/mol. The van der Waals surface area contributed by atoms with E-state index in [1.54, 1.807) is 18.7 Å². The lowest BCUT2D eigenvalue weighted by Gasteiger charge is -2.26. The van der Waals surface area contributed by atoms with E-state index in [1.807, 2.05) is 26.0 Å². The number of aromatic nitrogens is 3. The topological polar surface area (TPSA) is 214 Å². The van der Waals surface area contributed by atoms with Crippen LogP contribution in [-0.4, -0.2) is 82.5 Å². The maximum absolute atomic E-state index is 12.9. The van der Waals surface area contributed by atoms with Crippen molar-refractivity contribution in [3.8, 4) is 0 Å². The van der Waals surface area contributed by atoms with Crippen molar-refractivity contribution in [1.82, 2.24) is 35.4 Å². The Kier molecular flexibility index (Phi) is 16.5. The van der Waals surface area contributed by atoms with Crippen LogP contribution in [0.3, 0.4) is 0 Å². The number of sulfonamides is 1. The minimum absolute atomic E-state index is 0.0223. The Balaban J connectivity index is 0.000000265. The fourth-order valence-corrected chi connectivity index (χ4v) is 6.90. The zero-order valence-corrected chi connectivity index (χ0v) is 32.4. The van der Waals surface area contributed by atoms with Crippen molar-refractivity contribution < 1.29 is 36.5 Å². The summed E-state index contributed by atoms with van der Waals surface area (Å²) in [7, 11) is -2.25. The molecule has 1 aromatic carbocycles. The number of rotatable bonds is 4. The lowest BCUT2D eigenvalue weighted by molar-refractivity contribution is -0.139. The number of aromatic amines is 1. The van der Waals surface area contributed by atoms with Gasteiger partial charge in [0.15, 0.2) is 5.69 Å². The first-order valence-electron chi connectivity index (χ1n) is 18.3. The number of carbonyl (C=O) groups is 4. The average Bonchev–Trinajstić information content (AvgIpc) is 3.50. The van der Waals surface area contributed by atoms with Gasteiger partial charge in [0.2, 0.25) is 21.8 Å². The SMILES string of the molecule is CC.CC1(S(=O)(=O)NC(=O)C2C/C=C\CCCCCCC(=O)N3CCCC3C(=O)N2)CC1.CNC(=O)c1ccon1.Cc1nc2ccc(F)cc2[nH]c1=O. The van der Waals surface area contributed by atoms with E-state index in [9.17, 15) is 36.8 Å². The molecule has 0 bridgehead atoms. The number of fused-ring (bicyclic) bond motifs is 2. The van der Waals surface area contributed by atoms with Crippen LogP contribution in [0.15, 0.2) is 52.0 Å². The number of halogens is 1. The number of allylic oxidation sites excluding steroid dienone is 1. The molecule has 0 spiro atoms. The van der Waals surface area contributed by atoms with Gasteiger partial charge in [-0.25, -0.2) is 17.8 Å². The zero-order chi connectivity index (χ0) is 39.9. The first-order valence-corrected chi connectivity index (χ1v) is 19.8. The molecule has 4 amide bonds. The van der Waals surface area contributed by atoms with Gasteiger partial charge in [0.05, 0.1) is 15.8 Å². The van der Waals surface area contributed by atoms with Crippen LogP contribution in [0, 0.1) is 12.7 Å². The normalized spacial score (nSPS) is 20.4. The van der Waals surface area contributed by atoms with Crippen molar-refractivity contribution in [2.45, 2.75) is 115 Å². The maximum atomic E-state index is 12.9. The first kappa shape index (κ1) is 43.5. The Bertz CT molecular complexity index is 1930. The van der Waals surface area contributed by atoms with Crippen LogP contribution in [0.2, 0.25) is 0 Å². The first-order chi connectivity index (χ1) is 25.7. The molecule has 4 N–H and O–H groups in total. The van der Waals surface area contributed by atoms with Crippen LogP contribution < -0.4 is 20.9 Å². The summed E-state index contributed by atoms with van der Waals surface area (Å²) in [5, 5.41) is 8.52. The van der Waals surface area contributed by atoms with E-state index in [-0.39, 0.29) is 35.5 Å². The molecule has 15 nitrogen and oxygen atoms in total. The average molecular weight is 774 g/mol. The molecular weight excluding hydrogens is 722 g/mol. The van der Waals surface area contributed by atoms with E-state index < -0.39 is 32.8 Å². The number of nitrogens with one attached hydrogen (secondary N) is 4. The summed E-state index contributed by atoms with van der Waals surface area (Å²) in [5.41, 5.74) is 1.43. The standard InChI is InChI=1S/C21H33N3O5S.C9H7FN2O.C5H6N2O2.C2H6/c1-21(13-14-21)30(28,29)23-19(26)16-10-7-5-3-2-4-6-8-12-18(25)24-15-9-11-17(24)20(27)22-16;1-5-9(13)12-8-4-6(10)2-3-7(8)11-5;1-6-5(8)4-2-3-9-7-4;1-2/h5,7,16-17H,2-4,6,8-15H2,1H3,(H,22,27)(H,23,26);2-4H,1H3,(H,12,13);2-3H,1H3,(H,6,8);1-2H3/b7-5-;;;. The Morgan fingerprint density at radius 3 is 2.43 bits per heavy atom. The predicted octanol–water partition coefficient (Wildman–Crippen LogP) is 4.19. The summed E-state index contributed by atoms with van der Waals surface area (Å²) in [6.07, 6.45) is 12.8. The molecule has 1 saturated heterocycles. The number of carbonyl (C=O) groups excluding carboxylic acids is 4. The van der Waals surface area contributed by atoms with Gasteiger partial charge < -0.3 is 25.0 Å². The van der Waals surface area contributed by atoms with Crippen LogP contribution in [-0.2, 0) is 24.4 Å². The number of hydrogen-bond donors (Lipinski definition) is 4. The number of aryl methyl sites for hydroxylation is 1. The fourth-order valence-electron chi connectivity index (χ4n) is 5.60. The minimum Gasteiger partial charge on any atom is -0.364 e. The van der Waals surface area contributed by atoms with Crippen molar-refractivity contribution in [2.24, 2.45) is 0 Å². The van der Waals surface area contributed by atoms with Crippen molar-refractivity contribution in [1.29, 1.82) is 0 Å². The summed E-state index contributed by atoms with van der Waals surface area (Å²) < 4.78 is 43.3. The monoisotopic (exact) mass is 773 g/mol. The second-order valence-electron chi connectivity index (χ2n) is 13.2. The Labute approximate surface area is 315 Å². The van der Waals surface area contributed by atoms with Crippen LogP contribution in [0.5, 0.6) is 0 Å². The van der Waals surface area contributed by atoms with E-state index in [0.717, 1.165) is 38.5 Å². The zero-order valence-electron chi connectivity index (χ0n) is 31.6. The van der Waals surface area contributed by atoms with Crippen molar-refractivity contribution >= 4 is 44.7 Å². The summed E-state index contributed by atoms with van der Waals surface area (Å²) in [6.45, 7) is 7.77. The number of benzene rings is 1. The van der Waals surface area contributed by atoms with Crippen molar-refractivity contribution in [3.63, 3.8) is 0 Å². The highest BCUT2D eigenvalue weighted by molar-refractivity contribution is 7.91. The fraction of sp³-hybridized carbons (Fsp3) is 0.541. The lowest BCUT2D eigenvalue weighted by atomic mass is 10.1. The molecule has 2 unspecified atom stereocenters. The second-order valence-corrected chi connectivity index (χ2v) is 15.4. The minimum atomic E-state index is -3.78. The Hall–Kier alpha value is -4.93. The molecule has 1 saturated carbocycles. The molecule has 4 heterocycles. The molecule has 0 radical (unpaired) electrons. The molecule has 3 aliphatic rings. The van der Waals surface area contributed by atoms with E-state index in [2.05, 4.69) is 35.0 Å². The van der Waals surface area contributed by atoms with Gasteiger partial charge in [-0.1, -0.05) is 44.0 Å². The van der Waals surface area contributed by atoms with Gasteiger partial charge in [-0.3, -0.25) is 28.7 Å². The quantitative estimate of drug-likeness (QED) is 0.278. The smallest absolute Gasteiger partial charge is 0.273 e. The third-order valence-electron chi connectivity index (χ3n) is 9.12. The van der Waals surface area contributed by atoms with Crippen molar-refractivity contribution in [3.05, 3.63) is 70.2 Å². The van der Waals surface area contributed by atoms with Gasteiger partial charge in [0, 0.05) is 26.1 Å². The molecule has 54 heavy (non-hydrogen) atoms. The lowest BCUT2D eigenvalue weighted by Crippen LogP contribution is -2.54. The molecule has 2 aliphatic heterocycles. The van der Waals surface area contributed by atoms with Crippen molar-refractivity contribution in [2.75, 3.05) is 13.6 Å². The maximum Gasteiger partial charge on any atom is 0.273 e. The molecular formula is C37H52FN7O8S. The van der Waals surface area contributed by atoms with E-state index in [1.165, 1.54) is 37.6 Å². The van der Waals surface area contributed by atoms with E-state index in [0.29, 0.717) is 54.6 Å². The van der Waals surface area contributed by atoms with Gasteiger partial charge >= 0.3 is 0 Å². The van der Waals surface area contributed by atoms with Gasteiger partial charge in [-0.05, 0) is 83.4 Å². The Morgan fingerprint density at radius 1 is 1.04 bits per heavy atom. The van der Waals surface area contributed by atoms with Crippen LogP contribution in [0.1, 0.15) is 108 Å². The second kappa shape index (κ2) is 20.5. The molecule has 17 heteroatoms. The molecule has 2 fully saturated rings. The van der Waals surface area contributed by atoms with Gasteiger partial charge in [0.1, 0.15) is 29.9 Å². The molecule has 1 aliphatic carbocycles.